The first-order chi connectivity index (χ1) is 26.3. The molecule has 2 aromatic heterocycles. The largest absolute Gasteiger partial charge is 0.278 e. The van der Waals surface area contributed by atoms with E-state index in [2.05, 4.69) is 180 Å². The zero-order valence-corrected chi connectivity index (χ0v) is 28.6. The lowest BCUT2D eigenvalue weighted by Crippen LogP contribution is -2.04. The van der Waals surface area contributed by atoms with E-state index in [9.17, 15) is 0 Å². The number of aromatic nitrogens is 3. The highest BCUT2D eigenvalue weighted by Gasteiger charge is 2.27. The van der Waals surface area contributed by atoms with Crippen LogP contribution in [0.25, 0.3) is 116 Å². The van der Waals surface area contributed by atoms with Crippen LogP contribution in [0.5, 0.6) is 0 Å². The predicted octanol–water partition coefficient (Wildman–Crippen LogP) is 13.2. The van der Waals surface area contributed by atoms with Gasteiger partial charge < -0.3 is 0 Å². The van der Waals surface area contributed by atoms with E-state index >= 15 is 0 Å². The lowest BCUT2D eigenvalue weighted by atomic mass is 9.96. The number of hydrogen-bond acceptors (Lipinski definition) is 2. The van der Waals surface area contributed by atoms with Gasteiger partial charge in [-0.25, -0.2) is 9.97 Å². The highest BCUT2D eigenvalue weighted by atomic mass is 15.2. The van der Waals surface area contributed by atoms with Gasteiger partial charge in [0.05, 0.1) is 22.2 Å². The van der Waals surface area contributed by atoms with Crippen molar-refractivity contribution in [1.82, 2.24) is 14.5 Å². The molecule has 12 rings (SSSR count). The van der Waals surface area contributed by atoms with Gasteiger partial charge in [-0.2, -0.15) is 0 Å². The van der Waals surface area contributed by atoms with Crippen LogP contribution in [-0.4, -0.2) is 14.5 Å². The number of benzene rings is 9. The van der Waals surface area contributed by atoms with E-state index in [0.29, 0.717) is 5.95 Å². The van der Waals surface area contributed by atoms with Crippen LogP contribution in [0.1, 0.15) is 0 Å². The summed E-state index contributed by atoms with van der Waals surface area (Å²) in [5, 5.41) is 10.8. The Morgan fingerprint density at radius 1 is 0.340 bits per heavy atom. The molecule has 0 unspecified atom stereocenters. The van der Waals surface area contributed by atoms with E-state index < -0.39 is 0 Å². The fourth-order valence-corrected chi connectivity index (χ4v) is 8.98. The van der Waals surface area contributed by atoms with E-state index in [-0.39, 0.29) is 0 Å². The summed E-state index contributed by atoms with van der Waals surface area (Å²) in [7, 11) is 0. The maximum Gasteiger partial charge on any atom is 0.235 e. The second-order valence-electron chi connectivity index (χ2n) is 14.1. The molecule has 0 saturated heterocycles. The van der Waals surface area contributed by atoms with E-state index in [1.807, 2.05) is 0 Å². The van der Waals surface area contributed by atoms with Crippen LogP contribution >= 0.6 is 0 Å². The van der Waals surface area contributed by atoms with Crippen molar-refractivity contribution in [2.24, 2.45) is 0 Å². The van der Waals surface area contributed by atoms with Gasteiger partial charge in [0.1, 0.15) is 0 Å². The molecule has 0 radical (unpaired) electrons. The van der Waals surface area contributed by atoms with E-state index in [4.69, 9.17) is 9.97 Å². The Bertz CT molecular complexity index is 3320. The van der Waals surface area contributed by atoms with Gasteiger partial charge in [0, 0.05) is 27.1 Å². The molecular formula is C50H29N3. The molecular weight excluding hydrogens is 643 g/mol. The van der Waals surface area contributed by atoms with Crippen LogP contribution in [0.15, 0.2) is 176 Å². The molecule has 3 heteroatoms. The molecule has 9 aromatic carbocycles. The Labute approximate surface area is 305 Å². The Morgan fingerprint density at radius 3 is 1.77 bits per heavy atom. The second kappa shape index (κ2) is 10.7. The molecule has 0 N–H and O–H groups in total. The first-order valence-electron chi connectivity index (χ1n) is 18.2. The molecule has 0 spiro atoms. The zero-order valence-electron chi connectivity index (χ0n) is 28.6. The molecule has 0 fully saturated rings. The summed E-state index contributed by atoms with van der Waals surface area (Å²) in [6.07, 6.45) is 0. The fourth-order valence-electron chi connectivity index (χ4n) is 8.98. The molecule has 0 amide bonds. The molecule has 0 bridgehead atoms. The maximum atomic E-state index is 5.55. The monoisotopic (exact) mass is 671 g/mol. The molecule has 11 aromatic rings. The van der Waals surface area contributed by atoms with Crippen LogP contribution in [0.3, 0.4) is 0 Å². The predicted molar refractivity (Wildman–Crippen MR) is 222 cm³/mol. The SMILES string of the molecule is c1ccc(-c2ccc(-c3nc(-n4c5ccc6ccccc6c5c5c6cccc7c6c(cc54)-c4ccccc4-7)nc4c3ccc3ccccc34)cc2)cc1. The lowest BCUT2D eigenvalue weighted by molar-refractivity contribution is 1.02. The van der Waals surface area contributed by atoms with Gasteiger partial charge in [-0.1, -0.05) is 158 Å². The topological polar surface area (TPSA) is 30.7 Å². The molecule has 3 nitrogen and oxygen atoms in total. The fraction of sp³-hybridized carbons (Fsp3) is 0. The van der Waals surface area contributed by atoms with Gasteiger partial charge >= 0.3 is 0 Å². The summed E-state index contributed by atoms with van der Waals surface area (Å²) in [5.41, 5.74) is 12.6. The first-order valence-corrected chi connectivity index (χ1v) is 18.2. The standard InChI is InChI=1S/C50H29N3/c1-2-11-30(12-3-1)31-21-23-34(24-22-31)48-41-27-25-33-14-5-7-16-36(33)49(41)52-50(51-48)53-43-28-26-32-13-4-6-15-35(32)46(43)47-40-20-10-19-39-37-17-8-9-18-38(37)42(45(39)40)29-44(47)53/h1-29H. The van der Waals surface area contributed by atoms with Crippen LogP contribution in [0, 0.1) is 0 Å². The summed E-state index contributed by atoms with van der Waals surface area (Å²) in [6, 6.07) is 63.5. The van der Waals surface area contributed by atoms with E-state index in [0.717, 1.165) is 44.0 Å². The molecule has 0 aliphatic heterocycles. The number of hydrogen-bond donors (Lipinski definition) is 0. The molecule has 1 aliphatic carbocycles. The van der Waals surface area contributed by atoms with Crippen molar-refractivity contribution in [3.05, 3.63) is 176 Å². The molecule has 2 heterocycles. The van der Waals surface area contributed by atoms with Crippen molar-refractivity contribution in [3.8, 4) is 50.6 Å². The van der Waals surface area contributed by atoms with Gasteiger partial charge in [0.2, 0.25) is 5.95 Å². The average Bonchev–Trinajstić information content (AvgIpc) is 3.75. The molecule has 1 aliphatic rings. The van der Waals surface area contributed by atoms with Crippen LogP contribution in [0.4, 0.5) is 0 Å². The maximum absolute atomic E-state index is 5.55. The quantitative estimate of drug-likeness (QED) is 0.175. The molecule has 53 heavy (non-hydrogen) atoms. The van der Waals surface area contributed by atoms with Crippen molar-refractivity contribution in [2.75, 3.05) is 0 Å². The zero-order chi connectivity index (χ0) is 34.6. The third kappa shape index (κ3) is 3.99. The summed E-state index contributed by atoms with van der Waals surface area (Å²) in [4.78, 5) is 11.1. The van der Waals surface area contributed by atoms with Gasteiger partial charge in [0.15, 0.2) is 0 Å². The first kappa shape index (κ1) is 28.6. The molecule has 0 atom stereocenters. The third-order valence-electron chi connectivity index (χ3n) is 11.3. The third-order valence-corrected chi connectivity index (χ3v) is 11.3. The highest BCUT2D eigenvalue weighted by molar-refractivity contribution is 6.33. The van der Waals surface area contributed by atoms with E-state index in [1.165, 1.54) is 65.7 Å². The Morgan fingerprint density at radius 2 is 0.943 bits per heavy atom. The highest BCUT2D eigenvalue weighted by Crippen LogP contribution is 2.51. The second-order valence-corrected chi connectivity index (χ2v) is 14.1. The Hall–Kier alpha value is -7.10. The van der Waals surface area contributed by atoms with E-state index in [1.54, 1.807) is 0 Å². The number of nitrogens with zero attached hydrogens (tertiary/aromatic N) is 3. The summed E-state index contributed by atoms with van der Waals surface area (Å²) in [5.74, 6) is 0.667. The smallest absolute Gasteiger partial charge is 0.235 e. The van der Waals surface area contributed by atoms with Crippen molar-refractivity contribution in [3.63, 3.8) is 0 Å². The Balaban J connectivity index is 1.23. The minimum atomic E-state index is 0.667. The normalized spacial score (nSPS) is 12.2. The minimum absolute atomic E-state index is 0.667. The van der Waals surface area contributed by atoms with Crippen molar-refractivity contribution in [2.45, 2.75) is 0 Å². The average molecular weight is 672 g/mol. The van der Waals surface area contributed by atoms with Gasteiger partial charge in [0.25, 0.3) is 0 Å². The summed E-state index contributed by atoms with van der Waals surface area (Å²) < 4.78 is 2.32. The van der Waals surface area contributed by atoms with Gasteiger partial charge in [-0.15, -0.1) is 0 Å². The minimum Gasteiger partial charge on any atom is -0.278 e. The number of fused-ring (bicyclic) bond motifs is 12. The van der Waals surface area contributed by atoms with Gasteiger partial charge in [-0.3, -0.25) is 4.57 Å². The molecule has 0 saturated carbocycles. The van der Waals surface area contributed by atoms with Crippen molar-refractivity contribution in [1.29, 1.82) is 0 Å². The van der Waals surface area contributed by atoms with Crippen LogP contribution in [-0.2, 0) is 0 Å². The van der Waals surface area contributed by atoms with Crippen molar-refractivity contribution >= 4 is 65.0 Å². The van der Waals surface area contributed by atoms with Crippen LogP contribution < -0.4 is 0 Å². The van der Waals surface area contributed by atoms with Crippen LogP contribution in [0.2, 0.25) is 0 Å². The lowest BCUT2D eigenvalue weighted by Gasteiger charge is -2.14. The van der Waals surface area contributed by atoms with Crippen molar-refractivity contribution < 1.29 is 0 Å². The summed E-state index contributed by atoms with van der Waals surface area (Å²) in [6.45, 7) is 0. The molecule has 244 valence electrons. The van der Waals surface area contributed by atoms with Gasteiger partial charge in [-0.05, 0) is 78.5 Å². The Kier molecular flexibility index (Phi) is 5.77. The number of rotatable bonds is 3. The summed E-state index contributed by atoms with van der Waals surface area (Å²) >= 11 is 0.